The Morgan fingerprint density at radius 2 is 1.88 bits per heavy atom. The van der Waals surface area contributed by atoms with Gasteiger partial charge in [0.1, 0.15) is 0 Å². The van der Waals surface area contributed by atoms with Gasteiger partial charge in [-0.05, 0) is 36.1 Å². The fourth-order valence-electron chi connectivity index (χ4n) is 3.28. The van der Waals surface area contributed by atoms with E-state index in [-0.39, 0.29) is 12.1 Å². The summed E-state index contributed by atoms with van der Waals surface area (Å²) in [4.78, 5) is 25.9. The highest BCUT2D eigenvalue weighted by molar-refractivity contribution is 5.96. The Morgan fingerprint density at radius 3 is 2.58 bits per heavy atom. The van der Waals surface area contributed by atoms with E-state index in [1.807, 2.05) is 23.1 Å². The highest BCUT2D eigenvalue weighted by Gasteiger charge is 2.35. The van der Waals surface area contributed by atoms with Crippen molar-refractivity contribution in [1.82, 2.24) is 4.90 Å². The molecule has 3 rings (SSSR count). The number of carbonyl (C=O) groups excluding carboxylic acids is 2. The van der Waals surface area contributed by atoms with Gasteiger partial charge in [0.05, 0.1) is 6.04 Å². The molecule has 2 unspecified atom stereocenters. The topological polar surface area (TPSA) is 75.4 Å². The third kappa shape index (κ3) is 3.25. The Bertz CT molecular complexity index is 745. The van der Waals surface area contributed by atoms with Gasteiger partial charge in [0.25, 0.3) is 0 Å². The molecule has 5 heteroatoms. The number of benzene rings is 2. The molecular formula is C19H21N3O2. The number of urea groups is 1. The van der Waals surface area contributed by atoms with Crippen molar-refractivity contribution in [3.05, 3.63) is 65.7 Å². The second-order valence-electron chi connectivity index (χ2n) is 6.19. The molecule has 1 saturated heterocycles. The Balaban J connectivity index is 1.79. The second-order valence-corrected chi connectivity index (χ2v) is 6.19. The van der Waals surface area contributed by atoms with Crippen LogP contribution in [0.5, 0.6) is 0 Å². The number of hydrogen-bond donors (Lipinski definition) is 2. The van der Waals surface area contributed by atoms with Crippen LogP contribution in [0, 0.1) is 5.92 Å². The molecule has 0 saturated carbocycles. The number of nitrogens with two attached hydrogens (primary N) is 1. The molecule has 0 radical (unpaired) electrons. The monoisotopic (exact) mass is 323 g/mol. The number of nitrogens with zero attached hydrogens (tertiary/aromatic N) is 1. The lowest BCUT2D eigenvalue weighted by Crippen LogP contribution is -2.35. The van der Waals surface area contributed by atoms with Gasteiger partial charge in [-0.3, -0.25) is 4.79 Å². The third-order valence-corrected chi connectivity index (χ3v) is 4.50. The summed E-state index contributed by atoms with van der Waals surface area (Å²) in [6.45, 7) is 2.88. The van der Waals surface area contributed by atoms with Crippen molar-refractivity contribution in [2.75, 3.05) is 11.9 Å². The SMILES string of the molecule is CC1CCN(C(=O)Nc2cccc(C(N)=O)c2)C1c1ccccc1. The molecule has 0 spiro atoms. The molecule has 2 aromatic carbocycles. The van der Waals surface area contributed by atoms with E-state index < -0.39 is 5.91 Å². The molecule has 124 valence electrons. The zero-order valence-corrected chi connectivity index (χ0v) is 13.6. The van der Waals surface area contributed by atoms with Gasteiger partial charge in [-0.2, -0.15) is 0 Å². The van der Waals surface area contributed by atoms with Crippen molar-refractivity contribution in [2.24, 2.45) is 11.7 Å². The molecular weight excluding hydrogens is 302 g/mol. The van der Waals surface area contributed by atoms with Gasteiger partial charge in [-0.15, -0.1) is 0 Å². The molecule has 1 fully saturated rings. The highest BCUT2D eigenvalue weighted by atomic mass is 16.2. The standard InChI is InChI=1S/C19H21N3O2/c1-13-10-11-22(17(13)14-6-3-2-4-7-14)19(24)21-16-9-5-8-15(12-16)18(20)23/h2-9,12-13,17H,10-11H2,1H3,(H2,20,23)(H,21,24). The lowest BCUT2D eigenvalue weighted by molar-refractivity contribution is 0.1000. The highest BCUT2D eigenvalue weighted by Crippen LogP contribution is 2.37. The summed E-state index contributed by atoms with van der Waals surface area (Å²) in [5, 5.41) is 2.88. The van der Waals surface area contributed by atoms with E-state index in [0.29, 0.717) is 23.7 Å². The van der Waals surface area contributed by atoms with Gasteiger partial charge in [0, 0.05) is 17.8 Å². The number of rotatable bonds is 3. The fraction of sp³-hybridized carbons (Fsp3) is 0.263. The summed E-state index contributed by atoms with van der Waals surface area (Å²) in [5.41, 5.74) is 7.38. The van der Waals surface area contributed by atoms with Crippen LogP contribution in [0.15, 0.2) is 54.6 Å². The van der Waals surface area contributed by atoms with Gasteiger partial charge in [-0.1, -0.05) is 43.3 Å². The minimum absolute atomic E-state index is 0.0607. The van der Waals surface area contributed by atoms with Crippen molar-refractivity contribution >= 4 is 17.6 Å². The number of carbonyl (C=O) groups is 2. The summed E-state index contributed by atoms with van der Waals surface area (Å²) in [5.74, 6) is -0.113. The number of amides is 3. The van der Waals surface area contributed by atoms with E-state index in [9.17, 15) is 9.59 Å². The molecule has 1 aliphatic heterocycles. The van der Waals surface area contributed by atoms with Crippen molar-refractivity contribution in [3.8, 4) is 0 Å². The summed E-state index contributed by atoms with van der Waals surface area (Å²) in [6, 6.07) is 16.7. The number of nitrogens with one attached hydrogen (secondary N) is 1. The smallest absolute Gasteiger partial charge is 0.322 e. The van der Waals surface area contributed by atoms with Crippen LogP contribution < -0.4 is 11.1 Å². The van der Waals surface area contributed by atoms with Crippen molar-refractivity contribution < 1.29 is 9.59 Å². The van der Waals surface area contributed by atoms with E-state index in [0.717, 1.165) is 12.0 Å². The molecule has 0 bridgehead atoms. The van der Waals surface area contributed by atoms with Crippen molar-refractivity contribution in [1.29, 1.82) is 0 Å². The molecule has 2 atom stereocenters. The van der Waals surface area contributed by atoms with E-state index in [1.165, 1.54) is 0 Å². The minimum atomic E-state index is -0.511. The third-order valence-electron chi connectivity index (χ3n) is 4.50. The Hall–Kier alpha value is -2.82. The average molecular weight is 323 g/mol. The molecule has 3 amide bonds. The van der Waals surface area contributed by atoms with E-state index in [1.54, 1.807) is 24.3 Å². The predicted molar refractivity (Wildman–Crippen MR) is 93.6 cm³/mol. The van der Waals surface area contributed by atoms with Crippen LogP contribution in [-0.4, -0.2) is 23.4 Å². The van der Waals surface area contributed by atoms with Gasteiger partial charge in [0.15, 0.2) is 0 Å². The number of anilines is 1. The average Bonchev–Trinajstić information content (AvgIpc) is 2.97. The first-order valence-electron chi connectivity index (χ1n) is 8.08. The molecule has 0 aliphatic carbocycles. The van der Waals surface area contributed by atoms with Crippen molar-refractivity contribution in [3.63, 3.8) is 0 Å². The Labute approximate surface area is 141 Å². The first kappa shape index (κ1) is 16.1. The zero-order valence-electron chi connectivity index (χ0n) is 13.6. The Kier molecular flexibility index (Phi) is 4.51. The summed E-state index contributed by atoms with van der Waals surface area (Å²) in [6.07, 6.45) is 0.967. The number of primary amides is 1. The molecule has 2 aromatic rings. The van der Waals surface area contributed by atoms with Gasteiger partial charge >= 0.3 is 6.03 Å². The zero-order chi connectivity index (χ0) is 17.1. The van der Waals surface area contributed by atoms with E-state index in [4.69, 9.17) is 5.73 Å². The maximum atomic E-state index is 12.7. The minimum Gasteiger partial charge on any atom is -0.366 e. The number of likely N-dealkylation sites (tertiary alicyclic amines) is 1. The summed E-state index contributed by atoms with van der Waals surface area (Å²) < 4.78 is 0. The molecule has 1 heterocycles. The number of hydrogen-bond acceptors (Lipinski definition) is 2. The lowest BCUT2D eigenvalue weighted by atomic mass is 9.95. The molecule has 0 aromatic heterocycles. The van der Waals surface area contributed by atoms with E-state index in [2.05, 4.69) is 24.4 Å². The van der Waals surface area contributed by atoms with Crippen LogP contribution in [0.25, 0.3) is 0 Å². The second kappa shape index (κ2) is 6.74. The van der Waals surface area contributed by atoms with Crippen LogP contribution in [-0.2, 0) is 0 Å². The van der Waals surface area contributed by atoms with Crippen LogP contribution >= 0.6 is 0 Å². The Morgan fingerprint density at radius 1 is 1.12 bits per heavy atom. The van der Waals surface area contributed by atoms with Crippen molar-refractivity contribution in [2.45, 2.75) is 19.4 Å². The molecule has 3 N–H and O–H groups in total. The normalized spacial score (nSPS) is 20.0. The van der Waals surface area contributed by atoms with Crippen LogP contribution in [0.4, 0.5) is 10.5 Å². The maximum Gasteiger partial charge on any atom is 0.322 e. The predicted octanol–water partition coefficient (Wildman–Crippen LogP) is 3.40. The first-order chi connectivity index (χ1) is 11.6. The quantitative estimate of drug-likeness (QED) is 0.908. The largest absolute Gasteiger partial charge is 0.366 e. The fourth-order valence-corrected chi connectivity index (χ4v) is 3.28. The summed E-state index contributed by atoms with van der Waals surface area (Å²) >= 11 is 0. The van der Waals surface area contributed by atoms with E-state index >= 15 is 0 Å². The maximum absolute atomic E-state index is 12.7. The van der Waals surface area contributed by atoms with Gasteiger partial charge < -0.3 is 16.0 Å². The molecule has 5 nitrogen and oxygen atoms in total. The summed E-state index contributed by atoms with van der Waals surface area (Å²) in [7, 11) is 0. The first-order valence-corrected chi connectivity index (χ1v) is 8.08. The lowest BCUT2D eigenvalue weighted by Gasteiger charge is -2.27. The molecule has 24 heavy (non-hydrogen) atoms. The van der Waals surface area contributed by atoms with Gasteiger partial charge in [0.2, 0.25) is 5.91 Å². The van der Waals surface area contributed by atoms with Crippen LogP contribution in [0.2, 0.25) is 0 Å². The van der Waals surface area contributed by atoms with Crippen LogP contribution in [0.1, 0.15) is 35.3 Å². The van der Waals surface area contributed by atoms with Gasteiger partial charge in [-0.25, -0.2) is 4.79 Å². The molecule has 1 aliphatic rings. The van der Waals surface area contributed by atoms with Crippen LogP contribution in [0.3, 0.4) is 0 Å².